The van der Waals surface area contributed by atoms with Crippen LogP contribution < -0.4 is 15.5 Å². The third-order valence-corrected chi connectivity index (χ3v) is 5.83. The molecule has 2 N–H and O–H groups in total. The van der Waals surface area contributed by atoms with E-state index in [4.69, 9.17) is 0 Å². The Balaban J connectivity index is 1.30. The summed E-state index contributed by atoms with van der Waals surface area (Å²) in [4.78, 5) is 11.0. The first-order valence-electron chi connectivity index (χ1n) is 11.1. The van der Waals surface area contributed by atoms with Crippen LogP contribution in [0.5, 0.6) is 0 Å². The fourth-order valence-electron chi connectivity index (χ4n) is 3.99. The molecule has 162 valence electrons. The van der Waals surface area contributed by atoms with E-state index in [1.165, 1.54) is 35.2 Å². The Labute approximate surface area is 185 Å². The van der Waals surface area contributed by atoms with Crippen molar-refractivity contribution >= 4 is 11.6 Å². The van der Waals surface area contributed by atoms with Crippen molar-refractivity contribution in [2.24, 2.45) is 4.99 Å². The molecular weight excluding hydrogens is 384 g/mol. The van der Waals surface area contributed by atoms with Crippen LogP contribution in [0.15, 0.2) is 72.2 Å². The van der Waals surface area contributed by atoms with E-state index in [0.29, 0.717) is 0 Å². The molecule has 2 heterocycles. The van der Waals surface area contributed by atoms with Gasteiger partial charge in [-0.1, -0.05) is 36.4 Å². The molecule has 0 spiro atoms. The summed E-state index contributed by atoms with van der Waals surface area (Å²) >= 11 is 0. The van der Waals surface area contributed by atoms with E-state index in [1.54, 1.807) is 6.20 Å². The van der Waals surface area contributed by atoms with Gasteiger partial charge in [0, 0.05) is 51.3 Å². The predicted octanol–water partition coefficient (Wildman–Crippen LogP) is 3.96. The van der Waals surface area contributed by atoms with Gasteiger partial charge in [-0.25, -0.2) is 4.98 Å². The van der Waals surface area contributed by atoms with E-state index in [2.05, 4.69) is 85.5 Å². The van der Waals surface area contributed by atoms with E-state index in [1.807, 2.05) is 19.6 Å². The summed E-state index contributed by atoms with van der Waals surface area (Å²) in [6.45, 7) is 6.07. The zero-order valence-electron chi connectivity index (χ0n) is 18.5. The fraction of sp³-hybridized carbons (Fsp3) is 0.360. The molecule has 4 rings (SSSR count). The molecule has 1 atom stereocenters. The third kappa shape index (κ3) is 5.66. The van der Waals surface area contributed by atoms with Crippen molar-refractivity contribution in [1.29, 1.82) is 0 Å². The highest BCUT2D eigenvalue weighted by Gasteiger charge is 2.14. The van der Waals surface area contributed by atoms with E-state index < -0.39 is 0 Å². The molecule has 1 saturated heterocycles. The van der Waals surface area contributed by atoms with Crippen LogP contribution in [0.25, 0.3) is 0 Å². The minimum absolute atomic E-state index is 0.173. The van der Waals surface area contributed by atoms with Crippen molar-refractivity contribution < 1.29 is 0 Å². The molecule has 0 saturated carbocycles. The van der Waals surface area contributed by atoms with E-state index in [9.17, 15) is 0 Å². The Morgan fingerprint density at radius 2 is 1.87 bits per heavy atom. The quantitative estimate of drug-likeness (QED) is 0.452. The Hall–Kier alpha value is -3.28. The van der Waals surface area contributed by atoms with Crippen LogP contribution >= 0.6 is 0 Å². The smallest absolute Gasteiger partial charge is 0.191 e. The number of aliphatic imine (C=N–C) groups is 1. The number of nitrogens with zero attached hydrogens (tertiary/aromatic N) is 4. The molecule has 6 heteroatoms. The van der Waals surface area contributed by atoms with Crippen LogP contribution in [0, 0.1) is 0 Å². The van der Waals surface area contributed by atoms with Gasteiger partial charge in [-0.15, -0.1) is 0 Å². The SMILES string of the molecule is CN=C(NCc1ccc(Cn2ccnc2)cc1)NC(C)c1cccc(N2CCCC2)c1. The first kappa shape index (κ1) is 21.0. The summed E-state index contributed by atoms with van der Waals surface area (Å²) in [6, 6.07) is 17.7. The number of hydrogen-bond acceptors (Lipinski definition) is 3. The lowest BCUT2D eigenvalue weighted by atomic mass is 10.1. The van der Waals surface area contributed by atoms with Crippen molar-refractivity contribution in [1.82, 2.24) is 20.2 Å². The summed E-state index contributed by atoms with van der Waals surface area (Å²) in [6.07, 6.45) is 8.21. The van der Waals surface area contributed by atoms with Crippen LogP contribution in [0.3, 0.4) is 0 Å². The molecule has 1 unspecified atom stereocenters. The Morgan fingerprint density at radius 1 is 1.10 bits per heavy atom. The lowest BCUT2D eigenvalue weighted by Crippen LogP contribution is -2.38. The second kappa shape index (κ2) is 10.2. The fourth-order valence-corrected chi connectivity index (χ4v) is 3.99. The van der Waals surface area contributed by atoms with Crippen molar-refractivity contribution in [2.45, 2.75) is 38.9 Å². The maximum atomic E-state index is 4.41. The molecule has 1 aromatic heterocycles. The molecule has 31 heavy (non-hydrogen) atoms. The number of aromatic nitrogens is 2. The topological polar surface area (TPSA) is 57.5 Å². The number of rotatable bonds is 7. The molecule has 1 aliphatic heterocycles. The molecule has 1 fully saturated rings. The minimum atomic E-state index is 0.173. The molecule has 0 bridgehead atoms. The van der Waals surface area contributed by atoms with Crippen molar-refractivity contribution in [3.63, 3.8) is 0 Å². The van der Waals surface area contributed by atoms with Gasteiger partial charge in [-0.05, 0) is 48.6 Å². The second-order valence-electron chi connectivity index (χ2n) is 8.13. The van der Waals surface area contributed by atoms with E-state index in [0.717, 1.165) is 32.1 Å². The maximum Gasteiger partial charge on any atom is 0.191 e. The molecule has 1 aliphatic rings. The third-order valence-electron chi connectivity index (χ3n) is 5.83. The Bertz CT molecular complexity index is 972. The first-order valence-corrected chi connectivity index (χ1v) is 11.1. The van der Waals surface area contributed by atoms with Crippen LogP contribution in [0.1, 0.15) is 42.5 Å². The van der Waals surface area contributed by atoms with E-state index >= 15 is 0 Å². The minimum Gasteiger partial charge on any atom is -0.372 e. The molecular formula is C25H32N6. The van der Waals surface area contributed by atoms with Crippen molar-refractivity contribution in [3.05, 3.63) is 83.9 Å². The highest BCUT2D eigenvalue weighted by molar-refractivity contribution is 5.80. The van der Waals surface area contributed by atoms with Crippen molar-refractivity contribution in [3.8, 4) is 0 Å². The predicted molar refractivity (Wildman–Crippen MR) is 127 cm³/mol. The number of imidazole rings is 1. The first-order chi connectivity index (χ1) is 15.2. The normalized spacial score (nSPS) is 15.2. The van der Waals surface area contributed by atoms with Gasteiger partial charge in [0.2, 0.25) is 0 Å². The van der Waals surface area contributed by atoms with Gasteiger partial charge in [0.05, 0.1) is 12.4 Å². The number of guanidine groups is 1. The zero-order chi connectivity index (χ0) is 21.5. The van der Waals surface area contributed by atoms with Crippen LogP contribution in [0.2, 0.25) is 0 Å². The van der Waals surface area contributed by atoms with Crippen LogP contribution in [0.4, 0.5) is 5.69 Å². The highest BCUT2D eigenvalue weighted by atomic mass is 15.2. The molecule has 3 aromatic rings. The number of benzene rings is 2. The van der Waals surface area contributed by atoms with Gasteiger partial charge in [0.15, 0.2) is 5.96 Å². The number of anilines is 1. The summed E-state index contributed by atoms with van der Waals surface area (Å²) in [5.41, 5.74) is 5.08. The largest absolute Gasteiger partial charge is 0.372 e. The monoisotopic (exact) mass is 416 g/mol. The number of nitrogens with one attached hydrogen (secondary N) is 2. The highest BCUT2D eigenvalue weighted by Crippen LogP contribution is 2.24. The lowest BCUT2D eigenvalue weighted by molar-refractivity contribution is 0.685. The Kier molecular flexibility index (Phi) is 6.87. The standard InChI is InChI=1S/C25H32N6/c1-20(23-6-5-7-24(16-23)31-13-3-4-14-31)29-25(26-2)28-17-21-8-10-22(11-9-21)18-30-15-12-27-19-30/h5-12,15-16,19-20H,3-4,13-14,17-18H2,1-2H3,(H2,26,28,29). The second-order valence-corrected chi connectivity index (χ2v) is 8.13. The van der Waals surface area contributed by atoms with Gasteiger partial charge in [-0.3, -0.25) is 4.99 Å². The summed E-state index contributed by atoms with van der Waals surface area (Å²) in [5, 5.41) is 6.96. The van der Waals surface area contributed by atoms with Gasteiger partial charge in [-0.2, -0.15) is 0 Å². The molecule has 0 radical (unpaired) electrons. The summed E-state index contributed by atoms with van der Waals surface area (Å²) < 4.78 is 2.07. The van der Waals surface area contributed by atoms with Gasteiger partial charge in [0.25, 0.3) is 0 Å². The summed E-state index contributed by atoms with van der Waals surface area (Å²) in [7, 11) is 1.82. The van der Waals surface area contributed by atoms with Gasteiger partial charge in [0.1, 0.15) is 0 Å². The Morgan fingerprint density at radius 3 is 2.58 bits per heavy atom. The lowest BCUT2D eigenvalue weighted by Gasteiger charge is -2.22. The average Bonchev–Trinajstić information content (AvgIpc) is 3.52. The summed E-state index contributed by atoms with van der Waals surface area (Å²) in [5.74, 6) is 0.807. The molecule has 0 amide bonds. The molecule has 0 aliphatic carbocycles. The zero-order valence-corrected chi connectivity index (χ0v) is 18.5. The van der Waals surface area contributed by atoms with E-state index in [-0.39, 0.29) is 6.04 Å². The van der Waals surface area contributed by atoms with Crippen LogP contribution in [-0.2, 0) is 13.1 Å². The van der Waals surface area contributed by atoms with Crippen molar-refractivity contribution in [2.75, 3.05) is 25.0 Å². The molecule has 6 nitrogen and oxygen atoms in total. The maximum absolute atomic E-state index is 4.41. The average molecular weight is 417 g/mol. The number of hydrogen-bond donors (Lipinski definition) is 2. The van der Waals surface area contributed by atoms with Crippen LogP contribution in [-0.4, -0.2) is 35.6 Å². The van der Waals surface area contributed by atoms with Gasteiger partial charge >= 0.3 is 0 Å². The molecule has 2 aromatic carbocycles. The van der Waals surface area contributed by atoms with Gasteiger partial charge < -0.3 is 20.1 Å².